The lowest BCUT2D eigenvalue weighted by molar-refractivity contribution is -0.136. The highest BCUT2D eigenvalue weighted by atomic mass is 16.2. The summed E-state index contributed by atoms with van der Waals surface area (Å²) in [5.74, 6) is 0.356. The molecule has 1 saturated carbocycles. The van der Waals surface area contributed by atoms with Crippen molar-refractivity contribution in [3.05, 3.63) is 11.6 Å². The number of carbonyl (C=O) groups is 1. The van der Waals surface area contributed by atoms with Crippen LogP contribution in [0.4, 0.5) is 0 Å². The summed E-state index contributed by atoms with van der Waals surface area (Å²) < 4.78 is 0. The van der Waals surface area contributed by atoms with E-state index in [0.29, 0.717) is 0 Å². The van der Waals surface area contributed by atoms with Crippen molar-refractivity contribution >= 4 is 5.91 Å². The second kappa shape index (κ2) is 5.66. The third kappa shape index (κ3) is 3.38. The molecule has 1 heterocycles. The van der Waals surface area contributed by atoms with E-state index in [-0.39, 0.29) is 23.3 Å². The third-order valence-corrected chi connectivity index (χ3v) is 4.62. The molecule has 0 bridgehead atoms. The summed E-state index contributed by atoms with van der Waals surface area (Å²) in [6.07, 6.45) is 7.58. The summed E-state index contributed by atoms with van der Waals surface area (Å²) in [6.45, 7) is 8.37. The van der Waals surface area contributed by atoms with Crippen molar-refractivity contribution in [3.63, 3.8) is 0 Å². The molecule has 2 aliphatic rings. The summed E-state index contributed by atoms with van der Waals surface area (Å²) >= 11 is 0. The lowest BCUT2D eigenvalue weighted by Gasteiger charge is -2.36. The minimum atomic E-state index is 0.0679. The predicted octanol–water partition coefficient (Wildman–Crippen LogP) is 2.71. The lowest BCUT2D eigenvalue weighted by atomic mass is 9.81. The molecule has 2 atom stereocenters. The SMILES string of the molecule is CC(C)(C)C1=CCN(C(=O)C2CCCCC2N)CC1. The number of nitrogens with zero attached hydrogens (tertiary/aromatic N) is 1. The zero-order valence-corrected chi connectivity index (χ0v) is 12.6. The summed E-state index contributed by atoms with van der Waals surface area (Å²) in [4.78, 5) is 14.5. The van der Waals surface area contributed by atoms with E-state index < -0.39 is 0 Å². The molecule has 0 aromatic carbocycles. The van der Waals surface area contributed by atoms with Crippen LogP contribution in [0.5, 0.6) is 0 Å². The molecule has 0 saturated heterocycles. The van der Waals surface area contributed by atoms with Gasteiger partial charge in [0.2, 0.25) is 5.91 Å². The van der Waals surface area contributed by atoms with Gasteiger partial charge in [0.05, 0.1) is 5.92 Å². The number of hydrogen-bond donors (Lipinski definition) is 1. The zero-order chi connectivity index (χ0) is 14.0. The molecule has 1 aliphatic carbocycles. The summed E-state index contributed by atoms with van der Waals surface area (Å²) in [5.41, 5.74) is 7.83. The molecule has 2 rings (SSSR count). The van der Waals surface area contributed by atoms with Gasteiger partial charge in [-0.1, -0.05) is 45.3 Å². The van der Waals surface area contributed by atoms with Crippen LogP contribution in [0.15, 0.2) is 11.6 Å². The van der Waals surface area contributed by atoms with Crippen molar-refractivity contribution in [1.29, 1.82) is 0 Å². The molecule has 3 heteroatoms. The van der Waals surface area contributed by atoms with Gasteiger partial charge in [0.15, 0.2) is 0 Å². The van der Waals surface area contributed by atoms with E-state index >= 15 is 0 Å². The van der Waals surface area contributed by atoms with Crippen molar-refractivity contribution in [1.82, 2.24) is 4.90 Å². The minimum Gasteiger partial charge on any atom is -0.338 e. The van der Waals surface area contributed by atoms with E-state index in [9.17, 15) is 4.79 Å². The summed E-state index contributed by atoms with van der Waals surface area (Å²) in [7, 11) is 0. The zero-order valence-electron chi connectivity index (χ0n) is 12.6. The second-order valence-corrected chi connectivity index (χ2v) is 7.07. The Morgan fingerprint density at radius 1 is 1.32 bits per heavy atom. The Morgan fingerprint density at radius 3 is 2.53 bits per heavy atom. The molecule has 0 aromatic rings. The van der Waals surface area contributed by atoms with Crippen molar-refractivity contribution in [2.24, 2.45) is 17.1 Å². The van der Waals surface area contributed by atoms with Crippen LogP contribution >= 0.6 is 0 Å². The Morgan fingerprint density at radius 2 is 2.00 bits per heavy atom. The first kappa shape index (κ1) is 14.6. The molecule has 1 amide bonds. The molecule has 108 valence electrons. The fourth-order valence-electron chi connectivity index (χ4n) is 3.25. The van der Waals surface area contributed by atoms with Gasteiger partial charge in [-0.05, 0) is 24.7 Å². The third-order valence-electron chi connectivity index (χ3n) is 4.62. The van der Waals surface area contributed by atoms with Crippen LogP contribution in [0.25, 0.3) is 0 Å². The monoisotopic (exact) mass is 264 g/mol. The predicted molar refractivity (Wildman–Crippen MR) is 78.7 cm³/mol. The van der Waals surface area contributed by atoms with Gasteiger partial charge in [-0.3, -0.25) is 4.79 Å². The molecule has 0 radical (unpaired) electrons. The average molecular weight is 264 g/mol. The fraction of sp³-hybridized carbons (Fsp3) is 0.812. The first-order valence-electron chi connectivity index (χ1n) is 7.63. The normalized spacial score (nSPS) is 29.1. The van der Waals surface area contributed by atoms with Crippen molar-refractivity contribution in [2.75, 3.05) is 13.1 Å². The molecular weight excluding hydrogens is 236 g/mol. The molecule has 1 fully saturated rings. The van der Waals surface area contributed by atoms with Crippen LogP contribution in [0, 0.1) is 11.3 Å². The number of nitrogens with two attached hydrogens (primary N) is 1. The topological polar surface area (TPSA) is 46.3 Å². The van der Waals surface area contributed by atoms with Gasteiger partial charge >= 0.3 is 0 Å². The largest absolute Gasteiger partial charge is 0.338 e. The smallest absolute Gasteiger partial charge is 0.227 e. The second-order valence-electron chi connectivity index (χ2n) is 7.07. The van der Waals surface area contributed by atoms with Gasteiger partial charge in [-0.15, -0.1) is 0 Å². The maximum absolute atomic E-state index is 12.5. The van der Waals surface area contributed by atoms with Gasteiger partial charge in [0.1, 0.15) is 0 Å². The molecule has 2 N–H and O–H groups in total. The van der Waals surface area contributed by atoms with Crippen molar-refractivity contribution in [2.45, 2.75) is 58.9 Å². The van der Waals surface area contributed by atoms with Crippen LogP contribution in [0.1, 0.15) is 52.9 Å². The highest BCUT2D eigenvalue weighted by Crippen LogP contribution is 2.31. The van der Waals surface area contributed by atoms with E-state index in [1.165, 1.54) is 12.0 Å². The lowest BCUT2D eigenvalue weighted by Crippen LogP contribution is -2.47. The van der Waals surface area contributed by atoms with Gasteiger partial charge in [-0.2, -0.15) is 0 Å². The first-order chi connectivity index (χ1) is 8.89. The maximum Gasteiger partial charge on any atom is 0.227 e. The molecule has 0 spiro atoms. The number of rotatable bonds is 1. The number of carbonyl (C=O) groups excluding carboxylic acids is 1. The summed E-state index contributed by atoms with van der Waals surface area (Å²) in [6, 6.07) is 0.0780. The Bertz CT molecular complexity index is 367. The van der Waals surface area contributed by atoms with Gasteiger partial charge < -0.3 is 10.6 Å². The quantitative estimate of drug-likeness (QED) is 0.740. The highest BCUT2D eigenvalue weighted by Gasteiger charge is 2.32. The van der Waals surface area contributed by atoms with Crippen molar-refractivity contribution < 1.29 is 4.79 Å². The van der Waals surface area contributed by atoms with E-state index in [4.69, 9.17) is 5.73 Å². The van der Waals surface area contributed by atoms with Gasteiger partial charge in [0, 0.05) is 19.1 Å². The van der Waals surface area contributed by atoms with Gasteiger partial charge in [0.25, 0.3) is 0 Å². The minimum absolute atomic E-state index is 0.0679. The van der Waals surface area contributed by atoms with Crippen LogP contribution < -0.4 is 5.73 Å². The summed E-state index contributed by atoms with van der Waals surface area (Å²) in [5, 5.41) is 0. The van der Waals surface area contributed by atoms with Crippen LogP contribution in [0.2, 0.25) is 0 Å². The Kier molecular flexibility index (Phi) is 4.34. The maximum atomic E-state index is 12.5. The first-order valence-corrected chi connectivity index (χ1v) is 7.63. The fourth-order valence-corrected chi connectivity index (χ4v) is 3.25. The average Bonchev–Trinajstić information content (AvgIpc) is 2.38. The standard InChI is InChI=1S/C16H28N2O/c1-16(2,3)12-8-10-18(11-9-12)15(19)13-6-4-5-7-14(13)17/h8,13-14H,4-7,9-11,17H2,1-3H3. The van der Waals surface area contributed by atoms with Crippen LogP contribution in [0.3, 0.4) is 0 Å². The highest BCUT2D eigenvalue weighted by molar-refractivity contribution is 5.80. The number of amides is 1. The molecule has 2 unspecified atom stereocenters. The van der Waals surface area contributed by atoms with Crippen LogP contribution in [-0.4, -0.2) is 29.9 Å². The molecule has 0 aromatic heterocycles. The molecule has 3 nitrogen and oxygen atoms in total. The van der Waals surface area contributed by atoms with E-state index in [1.54, 1.807) is 0 Å². The van der Waals surface area contributed by atoms with E-state index in [0.717, 1.165) is 38.8 Å². The van der Waals surface area contributed by atoms with Gasteiger partial charge in [-0.25, -0.2) is 0 Å². The number of hydrogen-bond acceptors (Lipinski definition) is 2. The van der Waals surface area contributed by atoms with Crippen LogP contribution in [-0.2, 0) is 4.79 Å². The van der Waals surface area contributed by atoms with Crippen molar-refractivity contribution in [3.8, 4) is 0 Å². The van der Waals surface area contributed by atoms with E-state index in [2.05, 4.69) is 26.8 Å². The Balaban J connectivity index is 1.97. The van der Waals surface area contributed by atoms with E-state index in [1.807, 2.05) is 4.90 Å². The molecule has 1 aliphatic heterocycles. The molecule has 19 heavy (non-hydrogen) atoms. The Hall–Kier alpha value is -0.830. The molecular formula is C16H28N2O. The Labute approximate surface area is 117 Å².